The van der Waals surface area contributed by atoms with Gasteiger partial charge in [0.1, 0.15) is 6.61 Å². The summed E-state index contributed by atoms with van der Waals surface area (Å²) in [6, 6.07) is 18.8. The molecule has 3 aromatic rings. The van der Waals surface area contributed by atoms with E-state index in [9.17, 15) is 9.59 Å². The van der Waals surface area contributed by atoms with Crippen LogP contribution in [0.4, 0.5) is 0 Å². The highest BCUT2D eigenvalue weighted by Gasteiger charge is 2.19. The first-order valence-electron chi connectivity index (χ1n) is 7.91. The smallest absolute Gasteiger partial charge is 0.341 e. The highest BCUT2D eigenvalue weighted by molar-refractivity contribution is 6.17. The average molecular weight is 331 g/mol. The molecule has 0 amide bonds. The molecule has 0 saturated carbocycles. The van der Waals surface area contributed by atoms with Crippen LogP contribution in [-0.2, 0) is 27.4 Å². The van der Waals surface area contributed by atoms with Crippen LogP contribution in [0.2, 0.25) is 0 Å². The average Bonchev–Trinajstić information content (AvgIpc) is 2.66. The second-order valence-corrected chi connectivity index (χ2v) is 5.62. The third-order valence-corrected chi connectivity index (χ3v) is 3.88. The molecule has 0 atom stereocenters. The van der Waals surface area contributed by atoms with Gasteiger partial charge in [0.2, 0.25) is 0 Å². The fourth-order valence-corrected chi connectivity index (χ4v) is 2.51. The van der Waals surface area contributed by atoms with Crippen LogP contribution in [0.15, 0.2) is 79.0 Å². The van der Waals surface area contributed by atoms with Gasteiger partial charge in [0, 0.05) is 11.6 Å². The lowest BCUT2D eigenvalue weighted by atomic mass is 10.0. The number of ketones is 1. The Morgan fingerprint density at radius 3 is 2.48 bits per heavy atom. The lowest BCUT2D eigenvalue weighted by Gasteiger charge is -2.08. The van der Waals surface area contributed by atoms with Crippen LogP contribution in [0.1, 0.15) is 11.3 Å². The quantitative estimate of drug-likeness (QED) is 0.299. The number of ether oxygens (including phenoxy) is 1. The van der Waals surface area contributed by atoms with Crippen LogP contribution >= 0.6 is 0 Å². The van der Waals surface area contributed by atoms with Crippen molar-refractivity contribution in [3.05, 3.63) is 90.3 Å². The Morgan fingerprint density at radius 2 is 1.68 bits per heavy atom. The zero-order valence-corrected chi connectivity index (χ0v) is 13.6. The standard InChI is InChI=1S/C21H17NO3/c1-15(21(24)25-14-16-7-3-2-4-8-16)20(23)13-19-18-10-6-5-9-17(18)11-12-22-19/h2-12H,1,13-14H2. The Hall–Kier alpha value is -3.27. The highest BCUT2D eigenvalue weighted by atomic mass is 16.5. The van der Waals surface area contributed by atoms with Crippen molar-refractivity contribution in [3.8, 4) is 0 Å². The second-order valence-electron chi connectivity index (χ2n) is 5.62. The number of pyridine rings is 1. The van der Waals surface area contributed by atoms with Crippen LogP contribution in [-0.4, -0.2) is 16.7 Å². The molecule has 25 heavy (non-hydrogen) atoms. The van der Waals surface area contributed by atoms with Gasteiger partial charge in [-0.1, -0.05) is 61.2 Å². The van der Waals surface area contributed by atoms with Crippen molar-refractivity contribution in [2.75, 3.05) is 0 Å². The SMILES string of the molecule is C=C(C(=O)Cc1nccc2ccccc12)C(=O)OCc1ccccc1. The Morgan fingerprint density at radius 1 is 0.960 bits per heavy atom. The molecule has 1 heterocycles. The van der Waals surface area contributed by atoms with Gasteiger partial charge in [0.25, 0.3) is 0 Å². The van der Waals surface area contributed by atoms with Crippen molar-refractivity contribution in [3.63, 3.8) is 0 Å². The first kappa shape index (κ1) is 16.6. The van der Waals surface area contributed by atoms with E-state index in [0.29, 0.717) is 5.69 Å². The van der Waals surface area contributed by atoms with Crippen molar-refractivity contribution >= 4 is 22.5 Å². The molecule has 0 aliphatic carbocycles. The minimum Gasteiger partial charge on any atom is -0.457 e. The molecule has 0 saturated heterocycles. The van der Waals surface area contributed by atoms with Gasteiger partial charge >= 0.3 is 5.97 Å². The largest absolute Gasteiger partial charge is 0.457 e. The summed E-state index contributed by atoms with van der Waals surface area (Å²) in [5.41, 5.74) is 1.32. The minimum absolute atomic E-state index is 0.0145. The lowest BCUT2D eigenvalue weighted by molar-refractivity contribution is -0.141. The maximum Gasteiger partial charge on any atom is 0.341 e. The molecule has 0 unspecified atom stereocenters. The maximum atomic E-state index is 12.4. The molecule has 0 fully saturated rings. The lowest BCUT2D eigenvalue weighted by Crippen LogP contribution is -2.17. The van der Waals surface area contributed by atoms with E-state index in [1.54, 1.807) is 6.20 Å². The van der Waals surface area contributed by atoms with E-state index >= 15 is 0 Å². The van der Waals surface area contributed by atoms with Crippen molar-refractivity contribution in [1.29, 1.82) is 0 Å². The van der Waals surface area contributed by atoms with Crippen LogP contribution in [0.3, 0.4) is 0 Å². The van der Waals surface area contributed by atoms with E-state index < -0.39 is 5.97 Å². The zero-order chi connectivity index (χ0) is 17.6. The summed E-state index contributed by atoms with van der Waals surface area (Å²) in [5, 5.41) is 1.89. The number of rotatable bonds is 6. The molecule has 3 rings (SSSR count). The molecule has 0 bridgehead atoms. The summed E-state index contributed by atoms with van der Waals surface area (Å²) in [5.74, 6) is -1.09. The molecule has 4 nitrogen and oxygen atoms in total. The van der Waals surface area contributed by atoms with E-state index in [-0.39, 0.29) is 24.4 Å². The fraction of sp³-hybridized carbons (Fsp3) is 0.0952. The number of fused-ring (bicyclic) bond motifs is 1. The first-order chi connectivity index (χ1) is 12.1. The van der Waals surface area contributed by atoms with Gasteiger partial charge in [0.05, 0.1) is 17.7 Å². The third-order valence-electron chi connectivity index (χ3n) is 3.88. The molecule has 4 heteroatoms. The minimum atomic E-state index is -0.700. The van der Waals surface area contributed by atoms with E-state index in [2.05, 4.69) is 11.6 Å². The summed E-state index contributed by atoms with van der Waals surface area (Å²) in [6.45, 7) is 3.70. The predicted octanol–water partition coefficient (Wildman–Crippen LogP) is 3.65. The third kappa shape index (κ3) is 3.98. The molecule has 0 radical (unpaired) electrons. The number of aromatic nitrogens is 1. The number of hydrogen-bond donors (Lipinski definition) is 0. The second kappa shape index (κ2) is 7.53. The van der Waals surface area contributed by atoms with E-state index in [4.69, 9.17) is 4.74 Å². The van der Waals surface area contributed by atoms with Crippen molar-refractivity contribution < 1.29 is 14.3 Å². The van der Waals surface area contributed by atoms with Gasteiger partial charge in [-0.2, -0.15) is 0 Å². The van der Waals surface area contributed by atoms with Crippen molar-refractivity contribution in [1.82, 2.24) is 4.98 Å². The molecule has 0 aliphatic heterocycles. The van der Waals surface area contributed by atoms with Gasteiger partial charge in [-0.25, -0.2) is 4.79 Å². The highest BCUT2D eigenvalue weighted by Crippen LogP contribution is 2.18. The van der Waals surface area contributed by atoms with Gasteiger partial charge in [-0.15, -0.1) is 0 Å². The molecule has 0 aliphatic rings. The van der Waals surface area contributed by atoms with Crippen LogP contribution in [0.5, 0.6) is 0 Å². The summed E-state index contributed by atoms with van der Waals surface area (Å²) < 4.78 is 5.16. The van der Waals surface area contributed by atoms with E-state index in [1.165, 1.54) is 0 Å². The number of carbonyl (C=O) groups is 2. The maximum absolute atomic E-state index is 12.4. The zero-order valence-electron chi connectivity index (χ0n) is 13.6. The summed E-state index contributed by atoms with van der Waals surface area (Å²) in [6.07, 6.45) is 1.67. The Bertz CT molecular complexity index is 927. The van der Waals surface area contributed by atoms with Crippen molar-refractivity contribution in [2.45, 2.75) is 13.0 Å². The van der Waals surface area contributed by atoms with E-state index in [1.807, 2.05) is 60.7 Å². The molecule has 2 aromatic carbocycles. The van der Waals surface area contributed by atoms with Crippen LogP contribution < -0.4 is 0 Å². The van der Waals surface area contributed by atoms with Gasteiger partial charge in [-0.3, -0.25) is 9.78 Å². The number of Topliss-reactive ketones (excluding diaryl/α,β-unsaturated/α-hetero) is 1. The number of hydrogen-bond acceptors (Lipinski definition) is 4. The van der Waals surface area contributed by atoms with Gasteiger partial charge in [0.15, 0.2) is 5.78 Å². The monoisotopic (exact) mass is 331 g/mol. The molecule has 0 N–H and O–H groups in total. The van der Waals surface area contributed by atoms with Gasteiger partial charge < -0.3 is 4.74 Å². The summed E-state index contributed by atoms with van der Waals surface area (Å²) in [7, 11) is 0. The Kier molecular flexibility index (Phi) is 5.00. The molecule has 0 spiro atoms. The molecular formula is C21H17NO3. The number of esters is 1. The normalized spacial score (nSPS) is 10.4. The predicted molar refractivity (Wildman–Crippen MR) is 95.8 cm³/mol. The molecular weight excluding hydrogens is 314 g/mol. The number of nitrogens with zero attached hydrogens (tertiary/aromatic N) is 1. The summed E-state index contributed by atoms with van der Waals surface area (Å²) in [4.78, 5) is 28.7. The first-order valence-corrected chi connectivity index (χ1v) is 7.91. The van der Waals surface area contributed by atoms with Gasteiger partial charge in [-0.05, 0) is 17.0 Å². The number of benzene rings is 2. The topological polar surface area (TPSA) is 56.3 Å². The Labute approximate surface area is 145 Å². The van der Waals surface area contributed by atoms with E-state index in [0.717, 1.165) is 16.3 Å². The molecule has 1 aromatic heterocycles. The fourth-order valence-electron chi connectivity index (χ4n) is 2.51. The molecule has 124 valence electrons. The van der Waals surface area contributed by atoms with Crippen LogP contribution in [0, 0.1) is 0 Å². The van der Waals surface area contributed by atoms with Crippen LogP contribution in [0.25, 0.3) is 10.8 Å². The Balaban J connectivity index is 1.66. The number of carbonyl (C=O) groups excluding carboxylic acids is 2. The summed E-state index contributed by atoms with van der Waals surface area (Å²) >= 11 is 0. The van der Waals surface area contributed by atoms with Crippen molar-refractivity contribution in [2.24, 2.45) is 0 Å².